The van der Waals surface area contributed by atoms with Crippen molar-refractivity contribution < 1.29 is 13.9 Å². The third-order valence-electron chi connectivity index (χ3n) is 4.29. The molecule has 0 aliphatic carbocycles. The Morgan fingerprint density at radius 1 is 1.31 bits per heavy atom. The first kappa shape index (κ1) is 18.2. The van der Waals surface area contributed by atoms with Gasteiger partial charge in [0.15, 0.2) is 5.76 Å². The van der Waals surface area contributed by atoms with Crippen molar-refractivity contribution in [2.75, 3.05) is 13.2 Å². The van der Waals surface area contributed by atoms with Crippen LogP contribution in [0.3, 0.4) is 0 Å². The number of carbonyl (C=O) groups is 1. The minimum absolute atomic E-state index is 0.204. The molecule has 0 aliphatic rings. The lowest BCUT2D eigenvalue weighted by molar-refractivity contribution is 0.0914. The lowest BCUT2D eigenvalue weighted by atomic mass is 10.1. The van der Waals surface area contributed by atoms with Gasteiger partial charge < -0.3 is 14.5 Å². The predicted molar refractivity (Wildman–Crippen MR) is 100 cm³/mol. The van der Waals surface area contributed by atoms with Gasteiger partial charge in [-0.2, -0.15) is 5.10 Å². The molecule has 2 heterocycles. The van der Waals surface area contributed by atoms with Gasteiger partial charge in [0.2, 0.25) is 0 Å². The minimum atomic E-state index is -0.204. The fraction of sp³-hybridized carbons (Fsp3) is 0.400. The van der Waals surface area contributed by atoms with Crippen LogP contribution in [-0.4, -0.2) is 28.8 Å². The van der Waals surface area contributed by atoms with E-state index in [1.807, 2.05) is 55.8 Å². The quantitative estimate of drug-likeness (QED) is 0.627. The highest BCUT2D eigenvalue weighted by molar-refractivity contribution is 5.99. The summed E-state index contributed by atoms with van der Waals surface area (Å²) in [4.78, 5) is 12.6. The van der Waals surface area contributed by atoms with Crippen LogP contribution in [0.5, 0.6) is 0 Å². The molecule has 0 aliphatic heterocycles. The van der Waals surface area contributed by atoms with E-state index < -0.39 is 0 Å². The molecule has 1 amide bonds. The largest absolute Gasteiger partial charge is 0.451 e. The van der Waals surface area contributed by atoms with Gasteiger partial charge in [-0.05, 0) is 39.3 Å². The SMILES string of the molecule is CCOCc1c(C(=O)NCCCn2nc(C)cc2C)oc2ccccc12. The van der Waals surface area contributed by atoms with E-state index in [1.54, 1.807) is 0 Å². The van der Waals surface area contributed by atoms with Gasteiger partial charge in [0.05, 0.1) is 12.3 Å². The van der Waals surface area contributed by atoms with Gasteiger partial charge >= 0.3 is 0 Å². The Labute approximate surface area is 153 Å². The summed E-state index contributed by atoms with van der Waals surface area (Å²) in [7, 11) is 0. The van der Waals surface area contributed by atoms with Crippen LogP contribution < -0.4 is 5.32 Å². The molecule has 3 rings (SSSR count). The third-order valence-corrected chi connectivity index (χ3v) is 4.29. The molecule has 6 nitrogen and oxygen atoms in total. The van der Waals surface area contributed by atoms with Crippen molar-refractivity contribution in [3.05, 3.63) is 53.0 Å². The number of aromatic nitrogens is 2. The fourth-order valence-electron chi connectivity index (χ4n) is 3.04. The van der Waals surface area contributed by atoms with E-state index in [1.165, 1.54) is 0 Å². The number of para-hydroxylation sites is 1. The molecule has 0 radical (unpaired) electrons. The van der Waals surface area contributed by atoms with Gasteiger partial charge in [0.1, 0.15) is 5.58 Å². The maximum Gasteiger partial charge on any atom is 0.287 e. The number of amides is 1. The van der Waals surface area contributed by atoms with Gasteiger partial charge in [-0.1, -0.05) is 18.2 Å². The number of carbonyl (C=O) groups excluding carboxylic acids is 1. The first-order valence-electron chi connectivity index (χ1n) is 8.97. The van der Waals surface area contributed by atoms with E-state index in [0.717, 1.165) is 35.3 Å². The molecule has 0 fully saturated rings. The van der Waals surface area contributed by atoms with Crippen LogP contribution in [0.4, 0.5) is 0 Å². The van der Waals surface area contributed by atoms with Crippen LogP contribution in [0.25, 0.3) is 11.0 Å². The van der Waals surface area contributed by atoms with E-state index >= 15 is 0 Å². The summed E-state index contributed by atoms with van der Waals surface area (Å²) in [6, 6.07) is 9.69. The van der Waals surface area contributed by atoms with E-state index in [-0.39, 0.29) is 5.91 Å². The molecular formula is C20H25N3O3. The first-order valence-corrected chi connectivity index (χ1v) is 8.97. The number of nitrogens with zero attached hydrogens (tertiary/aromatic N) is 2. The Bertz CT molecular complexity index is 895. The zero-order valence-corrected chi connectivity index (χ0v) is 15.5. The van der Waals surface area contributed by atoms with Gasteiger partial charge in [-0.25, -0.2) is 0 Å². The van der Waals surface area contributed by atoms with Crippen molar-refractivity contribution in [2.45, 2.75) is 40.3 Å². The zero-order chi connectivity index (χ0) is 18.5. The Morgan fingerprint density at radius 2 is 2.12 bits per heavy atom. The molecule has 6 heteroatoms. The third kappa shape index (κ3) is 3.96. The fourth-order valence-corrected chi connectivity index (χ4v) is 3.04. The van der Waals surface area contributed by atoms with Gasteiger partial charge in [0.25, 0.3) is 5.91 Å². The summed E-state index contributed by atoms with van der Waals surface area (Å²) in [5.74, 6) is 0.134. The lowest BCUT2D eigenvalue weighted by Crippen LogP contribution is -2.26. The van der Waals surface area contributed by atoms with E-state index in [4.69, 9.17) is 9.15 Å². The molecule has 0 atom stereocenters. The van der Waals surface area contributed by atoms with E-state index in [0.29, 0.717) is 31.1 Å². The van der Waals surface area contributed by atoms with E-state index in [9.17, 15) is 4.79 Å². The highest BCUT2D eigenvalue weighted by Gasteiger charge is 2.20. The molecule has 0 bridgehead atoms. The zero-order valence-electron chi connectivity index (χ0n) is 15.5. The number of rotatable bonds is 8. The highest BCUT2D eigenvalue weighted by Crippen LogP contribution is 2.26. The van der Waals surface area contributed by atoms with Crippen LogP contribution >= 0.6 is 0 Å². The molecule has 0 saturated heterocycles. The second kappa shape index (κ2) is 8.19. The average Bonchev–Trinajstić information content (AvgIpc) is 3.16. The minimum Gasteiger partial charge on any atom is -0.451 e. The number of benzene rings is 1. The maximum atomic E-state index is 12.6. The summed E-state index contributed by atoms with van der Waals surface area (Å²) in [6.45, 7) is 8.22. The molecule has 0 unspecified atom stereocenters. The van der Waals surface area contributed by atoms with Crippen molar-refractivity contribution in [3.8, 4) is 0 Å². The standard InChI is InChI=1S/C20H25N3O3/c1-4-25-13-17-16-8-5-6-9-18(16)26-19(17)20(24)21-10-7-11-23-15(3)12-14(2)22-23/h5-6,8-9,12H,4,7,10-11,13H2,1-3H3,(H,21,24). The molecule has 26 heavy (non-hydrogen) atoms. The topological polar surface area (TPSA) is 69.3 Å². The molecule has 1 N–H and O–H groups in total. The van der Waals surface area contributed by atoms with Crippen LogP contribution in [0.1, 0.15) is 40.9 Å². The van der Waals surface area contributed by atoms with Gasteiger partial charge in [0, 0.05) is 36.3 Å². The Hall–Kier alpha value is -2.60. The van der Waals surface area contributed by atoms with Crippen molar-refractivity contribution in [1.29, 1.82) is 0 Å². The van der Waals surface area contributed by atoms with Crippen molar-refractivity contribution in [2.24, 2.45) is 0 Å². The van der Waals surface area contributed by atoms with Gasteiger partial charge in [-0.3, -0.25) is 9.48 Å². The van der Waals surface area contributed by atoms with Crippen molar-refractivity contribution in [3.63, 3.8) is 0 Å². The summed E-state index contributed by atoms with van der Waals surface area (Å²) < 4.78 is 13.3. The Kier molecular flexibility index (Phi) is 5.73. The maximum absolute atomic E-state index is 12.6. The smallest absolute Gasteiger partial charge is 0.287 e. The summed E-state index contributed by atoms with van der Waals surface area (Å²) in [6.07, 6.45) is 0.800. The molecule has 0 saturated carbocycles. The number of fused-ring (bicyclic) bond motifs is 1. The normalized spacial score (nSPS) is 11.2. The second-order valence-corrected chi connectivity index (χ2v) is 6.30. The van der Waals surface area contributed by atoms with Gasteiger partial charge in [-0.15, -0.1) is 0 Å². The first-order chi connectivity index (χ1) is 12.6. The van der Waals surface area contributed by atoms with Crippen LogP contribution in [-0.2, 0) is 17.9 Å². The molecular weight excluding hydrogens is 330 g/mol. The number of hydrogen-bond donors (Lipinski definition) is 1. The number of ether oxygens (including phenoxy) is 1. The summed E-state index contributed by atoms with van der Waals surface area (Å²) in [5.41, 5.74) is 3.65. The molecule has 0 spiro atoms. The van der Waals surface area contributed by atoms with Crippen LogP contribution in [0, 0.1) is 13.8 Å². The highest BCUT2D eigenvalue weighted by atomic mass is 16.5. The summed E-state index contributed by atoms with van der Waals surface area (Å²) >= 11 is 0. The van der Waals surface area contributed by atoms with E-state index in [2.05, 4.69) is 10.4 Å². The average molecular weight is 355 g/mol. The van der Waals surface area contributed by atoms with Crippen LogP contribution in [0.15, 0.2) is 34.7 Å². The summed E-state index contributed by atoms with van der Waals surface area (Å²) in [5, 5.41) is 8.30. The number of nitrogens with one attached hydrogen (secondary N) is 1. The molecule has 1 aromatic carbocycles. The molecule has 3 aromatic rings. The number of hydrogen-bond acceptors (Lipinski definition) is 4. The van der Waals surface area contributed by atoms with Crippen molar-refractivity contribution in [1.82, 2.24) is 15.1 Å². The van der Waals surface area contributed by atoms with Crippen LogP contribution in [0.2, 0.25) is 0 Å². The van der Waals surface area contributed by atoms with Crippen molar-refractivity contribution >= 4 is 16.9 Å². The monoisotopic (exact) mass is 355 g/mol. The predicted octanol–water partition coefficient (Wildman–Crippen LogP) is 3.60. The molecule has 2 aromatic heterocycles. The number of furan rings is 1. The number of aryl methyl sites for hydroxylation is 3. The lowest BCUT2D eigenvalue weighted by Gasteiger charge is -2.07. The molecule has 138 valence electrons. The second-order valence-electron chi connectivity index (χ2n) is 6.30. The Balaban J connectivity index is 1.64. The Morgan fingerprint density at radius 3 is 2.85 bits per heavy atom.